The molecule has 0 aliphatic carbocycles. The Labute approximate surface area is 262 Å². The first-order valence-corrected chi connectivity index (χ1v) is 14.5. The van der Waals surface area contributed by atoms with Gasteiger partial charge in [0.25, 0.3) is 0 Å². The fourth-order valence-corrected chi connectivity index (χ4v) is 5.06. The zero-order valence-electron chi connectivity index (χ0n) is 24.1. The monoisotopic (exact) mass is 666 g/mol. The number of aliphatic hydroxyl groups is 1. The predicted molar refractivity (Wildman–Crippen MR) is 157 cm³/mol. The molecule has 0 heterocycles. The molecule has 0 aliphatic rings. The van der Waals surface area contributed by atoms with Crippen LogP contribution in [-0.2, 0) is 34.1 Å². The Hall–Kier alpha value is -2.38. The first-order valence-electron chi connectivity index (χ1n) is 13.8. The van der Waals surface area contributed by atoms with Gasteiger partial charge >= 0.3 is 12.4 Å². The molecule has 13 heteroatoms. The predicted octanol–water partition coefficient (Wildman–Crippen LogP) is 8.78. The van der Waals surface area contributed by atoms with Gasteiger partial charge in [-0.05, 0) is 79.4 Å². The molecule has 242 valence electrons. The molecule has 2 N–H and O–H groups in total. The average Bonchev–Trinajstić information content (AvgIpc) is 2.98. The summed E-state index contributed by atoms with van der Waals surface area (Å²) in [6.45, 7) is 2.04. The Kier molecular flexibility index (Phi) is 12.9. The van der Waals surface area contributed by atoms with E-state index in [9.17, 15) is 31.4 Å². The van der Waals surface area contributed by atoms with Crippen LogP contribution in [0.2, 0.25) is 10.0 Å². The zero-order valence-corrected chi connectivity index (χ0v) is 25.6. The standard InChI is InChI=1S/C31H34Cl2F6N2O3/c1-3-29(42,23-7-5-4-6-8-23)12-14-40-13-11-28(22-9-10-26(32)27(33)17-22)41(43-2)20-44-19-21-15-24(30(34,35)36)18-25(16-21)31(37,38)39/h4-10,15-18,28,40,42H,3,11-14,19-20H2,1-2H3. The second-order valence-electron chi connectivity index (χ2n) is 10.2. The highest BCUT2D eigenvalue weighted by molar-refractivity contribution is 6.42. The van der Waals surface area contributed by atoms with Crippen molar-refractivity contribution in [1.29, 1.82) is 0 Å². The van der Waals surface area contributed by atoms with Crippen LogP contribution in [0.3, 0.4) is 0 Å². The topological polar surface area (TPSA) is 54.0 Å². The van der Waals surface area contributed by atoms with Gasteiger partial charge in [-0.1, -0.05) is 66.5 Å². The molecular weight excluding hydrogens is 633 g/mol. The van der Waals surface area contributed by atoms with Crippen molar-refractivity contribution in [2.75, 3.05) is 26.9 Å². The van der Waals surface area contributed by atoms with Crippen molar-refractivity contribution < 1.29 is 41.0 Å². The van der Waals surface area contributed by atoms with E-state index in [1.807, 2.05) is 37.3 Å². The molecule has 0 fully saturated rings. The van der Waals surface area contributed by atoms with Gasteiger partial charge in [0.05, 0.1) is 46.5 Å². The number of hydrogen-bond acceptors (Lipinski definition) is 5. The van der Waals surface area contributed by atoms with Gasteiger partial charge in [0.15, 0.2) is 0 Å². The molecule has 0 aliphatic heterocycles. The van der Waals surface area contributed by atoms with Gasteiger partial charge in [0.2, 0.25) is 0 Å². The van der Waals surface area contributed by atoms with Crippen LogP contribution in [0, 0.1) is 0 Å². The largest absolute Gasteiger partial charge is 0.416 e. The Balaban J connectivity index is 1.70. The van der Waals surface area contributed by atoms with E-state index in [0.29, 0.717) is 60.1 Å². The summed E-state index contributed by atoms with van der Waals surface area (Å²) in [4.78, 5) is 5.52. The summed E-state index contributed by atoms with van der Waals surface area (Å²) >= 11 is 12.3. The van der Waals surface area contributed by atoms with Gasteiger partial charge < -0.3 is 15.2 Å². The van der Waals surface area contributed by atoms with Crippen LogP contribution in [0.25, 0.3) is 0 Å². The molecule has 0 radical (unpaired) electrons. The van der Waals surface area contributed by atoms with E-state index < -0.39 is 41.7 Å². The molecule has 2 unspecified atom stereocenters. The Morgan fingerprint density at radius 1 is 0.841 bits per heavy atom. The third kappa shape index (κ3) is 10.1. The van der Waals surface area contributed by atoms with Crippen molar-refractivity contribution in [1.82, 2.24) is 10.4 Å². The van der Waals surface area contributed by atoms with E-state index in [0.717, 1.165) is 5.56 Å². The molecule has 0 aromatic heterocycles. The number of benzene rings is 3. The molecule has 0 saturated heterocycles. The summed E-state index contributed by atoms with van der Waals surface area (Å²) in [7, 11) is 1.37. The SMILES string of the molecule is CCC(O)(CCNCCC(c1ccc(Cl)c(Cl)c1)N(COCc1cc(C(F)(F)F)cc(C(F)(F)F)c1)OC)c1ccccc1. The highest BCUT2D eigenvalue weighted by Gasteiger charge is 2.37. The Morgan fingerprint density at radius 2 is 1.48 bits per heavy atom. The second-order valence-corrected chi connectivity index (χ2v) is 11.0. The van der Waals surface area contributed by atoms with Gasteiger partial charge in [0.1, 0.15) is 6.73 Å². The average molecular weight is 668 g/mol. The van der Waals surface area contributed by atoms with E-state index >= 15 is 0 Å². The number of ether oxygens (including phenoxy) is 1. The summed E-state index contributed by atoms with van der Waals surface area (Å²) in [6.07, 6.45) is -8.51. The lowest BCUT2D eigenvalue weighted by Gasteiger charge is -2.30. The van der Waals surface area contributed by atoms with E-state index in [-0.39, 0.29) is 18.4 Å². The number of hydroxylamine groups is 2. The van der Waals surface area contributed by atoms with Crippen molar-refractivity contribution in [3.8, 4) is 0 Å². The van der Waals surface area contributed by atoms with Gasteiger partial charge in [-0.15, -0.1) is 0 Å². The number of halogens is 8. The summed E-state index contributed by atoms with van der Waals surface area (Å²) in [6, 6.07) is 15.2. The number of nitrogens with zero attached hydrogens (tertiary/aromatic N) is 1. The van der Waals surface area contributed by atoms with Crippen molar-refractivity contribution >= 4 is 23.2 Å². The quantitative estimate of drug-likeness (QED) is 0.0735. The third-order valence-corrected chi connectivity index (χ3v) is 7.99. The van der Waals surface area contributed by atoms with Crippen molar-refractivity contribution in [3.05, 3.63) is 105 Å². The first kappa shape index (κ1) is 36.1. The fraction of sp³-hybridized carbons (Fsp3) is 0.419. The lowest BCUT2D eigenvalue weighted by molar-refractivity contribution is -0.218. The molecule has 3 aromatic carbocycles. The van der Waals surface area contributed by atoms with Crippen molar-refractivity contribution in [2.45, 2.75) is 56.8 Å². The molecule has 0 bridgehead atoms. The maximum Gasteiger partial charge on any atom is 0.416 e. The Morgan fingerprint density at radius 3 is 2.02 bits per heavy atom. The number of alkyl halides is 6. The molecule has 44 heavy (non-hydrogen) atoms. The van der Waals surface area contributed by atoms with E-state index in [1.165, 1.54) is 12.2 Å². The number of nitrogens with one attached hydrogen (secondary N) is 1. The second kappa shape index (κ2) is 15.8. The number of rotatable bonds is 15. The van der Waals surface area contributed by atoms with Gasteiger partial charge in [-0.2, -0.15) is 31.4 Å². The van der Waals surface area contributed by atoms with Gasteiger partial charge in [-0.3, -0.25) is 4.84 Å². The maximum atomic E-state index is 13.3. The lowest BCUT2D eigenvalue weighted by Crippen LogP contribution is -2.34. The van der Waals surface area contributed by atoms with Crippen molar-refractivity contribution in [2.24, 2.45) is 0 Å². The molecule has 0 amide bonds. The van der Waals surface area contributed by atoms with E-state index in [1.54, 1.807) is 18.2 Å². The minimum absolute atomic E-state index is 0.0689. The molecule has 3 aromatic rings. The first-order chi connectivity index (χ1) is 20.7. The van der Waals surface area contributed by atoms with E-state index in [2.05, 4.69) is 5.32 Å². The summed E-state index contributed by atoms with van der Waals surface area (Å²) in [5.41, 5.74) is -2.62. The van der Waals surface area contributed by atoms with Crippen LogP contribution in [-0.4, -0.2) is 37.1 Å². The van der Waals surface area contributed by atoms with E-state index in [4.69, 9.17) is 32.8 Å². The van der Waals surface area contributed by atoms with Crippen LogP contribution < -0.4 is 5.32 Å². The van der Waals surface area contributed by atoms with Crippen LogP contribution in [0.4, 0.5) is 26.3 Å². The highest BCUT2D eigenvalue weighted by Crippen LogP contribution is 2.37. The smallest absolute Gasteiger partial charge is 0.385 e. The van der Waals surface area contributed by atoms with Gasteiger partial charge in [-0.25, -0.2) is 0 Å². The lowest BCUT2D eigenvalue weighted by atomic mass is 9.88. The molecule has 0 saturated carbocycles. The minimum atomic E-state index is -4.96. The molecule has 0 spiro atoms. The summed E-state index contributed by atoms with van der Waals surface area (Å²) < 4.78 is 85.1. The zero-order chi connectivity index (χ0) is 32.5. The maximum absolute atomic E-state index is 13.3. The minimum Gasteiger partial charge on any atom is -0.385 e. The van der Waals surface area contributed by atoms with Gasteiger partial charge in [0, 0.05) is 0 Å². The van der Waals surface area contributed by atoms with Crippen LogP contribution in [0.1, 0.15) is 60.0 Å². The van der Waals surface area contributed by atoms with Crippen LogP contribution in [0.5, 0.6) is 0 Å². The molecule has 5 nitrogen and oxygen atoms in total. The summed E-state index contributed by atoms with van der Waals surface area (Å²) in [5, 5.41) is 16.5. The molecule has 3 rings (SSSR count). The van der Waals surface area contributed by atoms with Crippen molar-refractivity contribution in [3.63, 3.8) is 0 Å². The highest BCUT2D eigenvalue weighted by atomic mass is 35.5. The summed E-state index contributed by atoms with van der Waals surface area (Å²) in [5.74, 6) is 0. The number of hydrogen-bond donors (Lipinski definition) is 2. The van der Waals surface area contributed by atoms with Crippen LogP contribution >= 0.6 is 23.2 Å². The molecular formula is C31H34Cl2F6N2O3. The molecule has 2 atom stereocenters. The normalized spacial score (nSPS) is 14.5. The Bertz CT molecular complexity index is 1310. The fourth-order valence-electron chi connectivity index (χ4n) is 4.76. The van der Waals surface area contributed by atoms with Crippen LogP contribution in [0.15, 0.2) is 66.7 Å². The third-order valence-electron chi connectivity index (χ3n) is 7.25.